The van der Waals surface area contributed by atoms with Gasteiger partial charge in [0, 0.05) is 52.4 Å². The highest BCUT2D eigenvalue weighted by Crippen LogP contribution is 2.23. The van der Waals surface area contributed by atoms with Crippen molar-refractivity contribution in [1.29, 1.82) is 0 Å². The summed E-state index contributed by atoms with van der Waals surface area (Å²) in [5.41, 5.74) is 0.502. The quantitative estimate of drug-likeness (QED) is 0.824. The number of aromatic nitrogens is 1. The molecule has 2 heterocycles. The number of ether oxygens (including phenoxy) is 1. The Morgan fingerprint density at radius 2 is 2.16 bits per heavy atom. The maximum atomic E-state index is 10.5. The summed E-state index contributed by atoms with van der Waals surface area (Å²) in [7, 11) is 3.88. The van der Waals surface area contributed by atoms with Gasteiger partial charge in [-0.15, -0.1) is 0 Å². The number of aliphatic hydroxyl groups is 1. The maximum Gasteiger partial charge on any atom is 0.128 e. The molecule has 5 nitrogen and oxygen atoms in total. The van der Waals surface area contributed by atoms with Crippen molar-refractivity contribution in [3.8, 4) is 0 Å². The first-order chi connectivity index (χ1) is 9.13. The zero-order valence-electron chi connectivity index (χ0n) is 11.7. The van der Waals surface area contributed by atoms with Crippen molar-refractivity contribution in [2.75, 3.05) is 38.8 Å². The fourth-order valence-corrected chi connectivity index (χ4v) is 2.38. The molecule has 0 unspecified atom stereocenters. The summed E-state index contributed by atoms with van der Waals surface area (Å²) < 4.78 is 5.29. The van der Waals surface area contributed by atoms with Crippen molar-refractivity contribution in [3.63, 3.8) is 0 Å². The molecule has 5 heteroatoms. The zero-order chi connectivity index (χ0) is 13.7. The lowest BCUT2D eigenvalue weighted by molar-refractivity contribution is -0.0573. The third-order valence-electron chi connectivity index (χ3n) is 3.54. The molecule has 0 atom stereocenters. The van der Waals surface area contributed by atoms with Crippen LogP contribution in [0.2, 0.25) is 0 Å². The summed E-state index contributed by atoms with van der Waals surface area (Å²) in [6, 6.07) is 4.05. The Bertz CT molecular complexity index is 388. The molecule has 2 rings (SSSR count). The molecule has 106 valence electrons. The topological polar surface area (TPSA) is 57.6 Å². The molecule has 1 fully saturated rings. The van der Waals surface area contributed by atoms with Crippen molar-refractivity contribution in [1.82, 2.24) is 10.3 Å². The third-order valence-corrected chi connectivity index (χ3v) is 3.54. The van der Waals surface area contributed by atoms with Gasteiger partial charge in [0.2, 0.25) is 0 Å². The van der Waals surface area contributed by atoms with E-state index in [4.69, 9.17) is 4.74 Å². The first-order valence-corrected chi connectivity index (χ1v) is 6.74. The van der Waals surface area contributed by atoms with E-state index in [9.17, 15) is 5.11 Å². The summed E-state index contributed by atoms with van der Waals surface area (Å²) in [5, 5.41) is 13.6. The summed E-state index contributed by atoms with van der Waals surface area (Å²) in [4.78, 5) is 6.45. The molecule has 2 N–H and O–H groups in total. The Hall–Kier alpha value is -1.17. The van der Waals surface area contributed by atoms with Crippen molar-refractivity contribution in [2.24, 2.45) is 0 Å². The van der Waals surface area contributed by atoms with Crippen molar-refractivity contribution < 1.29 is 9.84 Å². The SMILES string of the molecule is CNCc1ccc(N(C)CC2(O)CCOCC2)nc1. The Morgan fingerprint density at radius 1 is 1.42 bits per heavy atom. The first kappa shape index (κ1) is 14.2. The standard InChI is InChI=1S/C14H23N3O2/c1-15-9-12-3-4-13(16-10-12)17(2)11-14(18)5-7-19-8-6-14/h3-4,10,15,18H,5-9,11H2,1-2H3. The monoisotopic (exact) mass is 265 g/mol. The van der Waals surface area contributed by atoms with Gasteiger partial charge >= 0.3 is 0 Å². The molecule has 1 aliphatic rings. The van der Waals surface area contributed by atoms with Crippen LogP contribution in [0.4, 0.5) is 5.82 Å². The van der Waals surface area contributed by atoms with Gasteiger partial charge in [-0.05, 0) is 18.7 Å². The first-order valence-electron chi connectivity index (χ1n) is 6.74. The second-order valence-electron chi connectivity index (χ2n) is 5.25. The van der Waals surface area contributed by atoms with Gasteiger partial charge in [0.1, 0.15) is 5.82 Å². The van der Waals surface area contributed by atoms with Crippen LogP contribution in [0.3, 0.4) is 0 Å². The Kier molecular flexibility index (Phi) is 4.74. The summed E-state index contributed by atoms with van der Waals surface area (Å²) in [5.74, 6) is 0.889. The van der Waals surface area contributed by atoms with Crippen LogP contribution in [-0.4, -0.2) is 49.5 Å². The predicted molar refractivity (Wildman–Crippen MR) is 75.3 cm³/mol. The highest BCUT2D eigenvalue weighted by molar-refractivity contribution is 5.38. The van der Waals surface area contributed by atoms with Gasteiger partial charge in [-0.1, -0.05) is 6.07 Å². The molecule has 1 saturated heterocycles. The van der Waals surface area contributed by atoms with E-state index in [2.05, 4.69) is 16.4 Å². The van der Waals surface area contributed by atoms with E-state index in [-0.39, 0.29) is 0 Å². The average molecular weight is 265 g/mol. The van der Waals surface area contributed by atoms with Gasteiger partial charge < -0.3 is 20.1 Å². The minimum atomic E-state index is -0.654. The van der Waals surface area contributed by atoms with Crippen LogP contribution < -0.4 is 10.2 Å². The van der Waals surface area contributed by atoms with Gasteiger partial charge in [0.25, 0.3) is 0 Å². The normalized spacial score (nSPS) is 18.3. The second-order valence-corrected chi connectivity index (χ2v) is 5.25. The molecule has 0 aliphatic carbocycles. The lowest BCUT2D eigenvalue weighted by Crippen LogP contribution is -2.46. The third kappa shape index (κ3) is 3.89. The van der Waals surface area contributed by atoms with E-state index in [0.29, 0.717) is 32.6 Å². The number of pyridine rings is 1. The summed E-state index contributed by atoms with van der Waals surface area (Å²) in [6.07, 6.45) is 3.25. The van der Waals surface area contributed by atoms with Crippen LogP contribution in [0.25, 0.3) is 0 Å². The number of rotatable bonds is 5. The van der Waals surface area contributed by atoms with Gasteiger partial charge in [0.15, 0.2) is 0 Å². The van der Waals surface area contributed by atoms with E-state index in [1.807, 2.05) is 31.3 Å². The van der Waals surface area contributed by atoms with Crippen LogP contribution in [0.5, 0.6) is 0 Å². The molecule has 0 saturated carbocycles. The van der Waals surface area contributed by atoms with E-state index in [1.54, 1.807) is 0 Å². The van der Waals surface area contributed by atoms with Gasteiger partial charge in [0.05, 0.1) is 5.60 Å². The number of anilines is 1. The smallest absolute Gasteiger partial charge is 0.128 e. The predicted octanol–water partition coefficient (Wildman–Crippen LogP) is 0.779. The lowest BCUT2D eigenvalue weighted by atomic mass is 9.94. The van der Waals surface area contributed by atoms with Gasteiger partial charge in [-0.25, -0.2) is 4.98 Å². The summed E-state index contributed by atoms with van der Waals surface area (Å²) in [6.45, 7) is 2.69. The van der Waals surface area contributed by atoms with E-state index in [0.717, 1.165) is 17.9 Å². The maximum absolute atomic E-state index is 10.5. The molecule has 1 aliphatic heterocycles. The number of hydrogen-bond donors (Lipinski definition) is 2. The molecule has 0 bridgehead atoms. The van der Waals surface area contributed by atoms with Crippen LogP contribution in [0.15, 0.2) is 18.3 Å². The number of hydrogen-bond acceptors (Lipinski definition) is 5. The molecule has 0 amide bonds. The van der Waals surface area contributed by atoms with E-state index in [1.165, 1.54) is 0 Å². The molecule has 0 radical (unpaired) electrons. The highest BCUT2D eigenvalue weighted by atomic mass is 16.5. The van der Waals surface area contributed by atoms with Crippen LogP contribution in [0, 0.1) is 0 Å². The highest BCUT2D eigenvalue weighted by Gasteiger charge is 2.31. The Balaban J connectivity index is 1.96. The minimum Gasteiger partial charge on any atom is -0.388 e. The molecule has 0 spiro atoms. The number of nitrogens with one attached hydrogen (secondary N) is 1. The molecule has 0 aromatic carbocycles. The minimum absolute atomic E-state index is 0.592. The molecule has 1 aromatic heterocycles. The largest absolute Gasteiger partial charge is 0.388 e. The fourth-order valence-electron chi connectivity index (χ4n) is 2.38. The number of likely N-dealkylation sites (N-methyl/N-ethyl adjacent to an activating group) is 1. The molecular formula is C14H23N3O2. The number of nitrogens with zero attached hydrogens (tertiary/aromatic N) is 2. The van der Waals surface area contributed by atoms with Crippen LogP contribution in [-0.2, 0) is 11.3 Å². The van der Waals surface area contributed by atoms with Crippen molar-refractivity contribution in [2.45, 2.75) is 25.0 Å². The molecule has 19 heavy (non-hydrogen) atoms. The Labute approximate surface area is 114 Å². The average Bonchev–Trinajstić information content (AvgIpc) is 2.40. The van der Waals surface area contributed by atoms with Gasteiger partial charge in [-0.3, -0.25) is 0 Å². The van der Waals surface area contributed by atoms with E-state index < -0.39 is 5.60 Å². The molecular weight excluding hydrogens is 242 g/mol. The second kappa shape index (κ2) is 6.32. The lowest BCUT2D eigenvalue weighted by Gasteiger charge is -2.35. The molecule has 1 aromatic rings. The van der Waals surface area contributed by atoms with Crippen LogP contribution in [0.1, 0.15) is 18.4 Å². The van der Waals surface area contributed by atoms with Crippen molar-refractivity contribution in [3.05, 3.63) is 23.9 Å². The summed E-state index contributed by atoms with van der Waals surface area (Å²) >= 11 is 0. The Morgan fingerprint density at radius 3 is 2.74 bits per heavy atom. The van der Waals surface area contributed by atoms with Crippen molar-refractivity contribution >= 4 is 5.82 Å². The fraction of sp³-hybridized carbons (Fsp3) is 0.643. The van der Waals surface area contributed by atoms with Crippen LogP contribution >= 0.6 is 0 Å². The van der Waals surface area contributed by atoms with Gasteiger partial charge in [-0.2, -0.15) is 0 Å². The van der Waals surface area contributed by atoms with E-state index >= 15 is 0 Å². The zero-order valence-corrected chi connectivity index (χ0v) is 11.7.